The zero-order valence-electron chi connectivity index (χ0n) is 7.51. The number of carbonyl (C=O) groups excluding carboxylic acids is 1. The Morgan fingerprint density at radius 3 is 2.64 bits per heavy atom. The molecular formula is C8H9F3N2O. The molecule has 0 fully saturated rings. The number of nitrogens with zero attached hydrogens (tertiary/aromatic N) is 2. The lowest BCUT2D eigenvalue weighted by molar-refractivity contribution is -0.133. The van der Waals surface area contributed by atoms with Gasteiger partial charge in [-0.2, -0.15) is 18.3 Å². The molecule has 0 aliphatic rings. The summed E-state index contributed by atoms with van der Waals surface area (Å²) in [5.41, 5.74) is 0.219. The fourth-order valence-electron chi connectivity index (χ4n) is 0.965. The van der Waals surface area contributed by atoms with E-state index in [2.05, 4.69) is 5.10 Å². The zero-order valence-corrected chi connectivity index (χ0v) is 7.51. The highest BCUT2D eigenvalue weighted by Crippen LogP contribution is 2.22. The number of carbonyl (C=O) groups is 1. The van der Waals surface area contributed by atoms with Gasteiger partial charge in [0.2, 0.25) is 0 Å². The fourth-order valence-corrected chi connectivity index (χ4v) is 0.965. The summed E-state index contributed by atoms with van der Waals surface area (Å²) in [5, 5.41) is 3.70. The number of aryl methyl sites for hydroxylation is 1. The second-order valence-electron chi connectivity index (χ2n) is 2.94. The van der Waals surface area contributed by atoms with Crippen LogP contribution in [0.15, 0.2) is 12.4 Å². The van der Waals surface area contributed by atoms with Gasteiger partial charge in [0.1, 0.15) is 0 Å². The number of hydrogen-bond acceptors (Lipinski definition) is 2. The normalized spacial score (nSPS) is 11.7. The molecule has 0 spiro atoms. The molecule has 3 nitrogen and oxygen atoms in total. The van der Waals surface area contributed by atoms with Gasteiger partial charge in [0.25, 0.3) is 0 Å². The van der Waals surface area contributed by atoms with Gasteiger partial charge in [-0.3, -0.25) is 9.48 Å². The molecule has 14 heavy (non-hydrogen) atoms. The molecule has 0 atom stereocenters. The number of aromatic nitrogens is 2. The number of ketones is 1. The van der Waals surface area contributed by atoms with Gasteiger partial charge < -0.3 is 0 Å². The highest BCUT2D eigenvalue weighted by Gasteiger charge is 2.28. The molecule has 0 aliphatic heterocycles. The van der Waals surface area contributed by atoms with Crippen LogP contribution in [0.5, 0.6) is 0 Å². The van der Waals surface area contributed by atoms with Gasteiger partial charge in [-0.05, 0) is 0 Å². The van der Waals surface area contributed by atoms with Crippen molar-refractivity contribution in [2.45, 2.75) is 19.0 Å². The van der Waals surface area contributed by atoms with E-state index < -0.39 is 24.8 Å². The Labute approximate surface area is 78.5 Å². The third-order valence-electron chi connectivity index (χ3n) is 1.66. The molecule has 0 N–H and O–H groups in total. The Kier molecular flexibility index (Phi) is 2.93. The highest BCUT2D eigenvalue weighted by molar-refractivity contribution is 5.95. The molecule has 0 amide bonds. The van der Waals surface area contributed by atoms with Crippen LogP contribution in [-0.4, -0.2) is 21.7 Å². The molecule has 0 unspecified atom stereocenters. The second-order valence-corrected chi connectivity index (χ2v) is 2.94. The summed E-state index contributed by atoms with van der Waals surface area (Å²) in [4.78, 5) is 11.2. The number of hydrogen-bond donors (Lipinski definition) is 0. The summed E-state index contributed by atoms with van der Waals surface area (Å²) in [6.07, 6.45) is -3.22. The van der Waals surface area contributed by atoms with Crippen LogP contribution in [0.1, 0.15) is 23.2 Å². The maximum atomic E-state index is 11.8. The van der Waals surface area contributed by atoms with Crippen molar-refractivity contribution in [3.63, 3.8) is 0 Å². The summed E-state index contributed by atoms with van der Waals surface area (Å²) < 4.78 is 36.7. The highest BCUT2D eigenvalue weighted by atomic mass is 19.4. The lowest BCUT2D eigenvalue weighted by Gasteiger charge is -2.03. The first-order valence-electron chi connectivity index (χ1n) is 3.97. The van der Waals surface area contributed by atoms with Crippen molar-refractivity contribution in [3.8, 4) is 0 Å². The molecule has 78 valence electrons. The molecule has 0 saturated carbocycles. The van der Waals surface area contributed by atoms with E-state index in [0.29, 0.717) is 0 Å². The van der Waals surface area contributed by atoms with Gasteiger partial charge in [-0.25, -0.2) is 0 Å². The van der Waals surface area contributed by atoms with E-state index in [1.807, 2.05) is 0 Å². The van der Waals surface area contributed by atoms with Gasteiger partial charge >= 0.3 is 6.18 Å². The van der Waals surface area contributed by atoms with E-state index in [1.54, 1.807) is 7.05 Å². The molecule has 0 aromatic carbocycles. The first kappa shape index (κ1) is 10.7. The first-order chi connectivity index (χ1) is 6.38. The first-order valence-corrected chi connectivity index (χ1v) is 3.97. The van der Waals surface area contributed by atoms with Crippen molar-refractivity contribution in [1.29, 1.82) is 0 Å². The quantitative estimate of drug-likeness (QED) is 0.708. The molecule has 1 aromatic rings. The molecule has 0 saturated heterocycles. The largest absolute Gasteiger partial charge is 0.389 e. The van der Waals surface area contributed by atoms with E-state index in [-0.39, 0.29) is 5.56 Å². The molecule has 0 aliphatic carbocycles. The van der Waals surface area contributed by atoms with Crippen molar-refractivity contribution < 1.29 is 18.0 Å². The van der Waals surface area contributed by atoms with E-state index in [0.717, 1.165) is 0 Å². The third-order valence-corrected chi connectivity index (χ3v) is 1.66. The Morgan fingerprint density at radius 2 is 2.21 bits per heavy atom. The van der Waals surface area contributed by atoms with Crippen molar-refractivity contribution >= 4 is 5.78 Å². The van der Waals surface area contributed by atoms with E-state index in [9.17, 15) is 18.0 Å². The van der Waals surface area contributed by atoms with Gasteiger partial charge in [0.05, 0.1) is 18.2 Å². The van der Waals surface area contributed by atoms with Crippen LogP contribution in [0, 0.1) is 0 Å². The van der Waals surface area contributed by atoms with Crippen molar-refractivity contribution in [1.82, 2.24) is 9.78 Å². The van der Waals surface area contributed by atoms with E-state index >= 15 is 0 Å². The second kappa shape index (κ2) is 3.81. The maximum absolute atomic E-state index is 11.8. The topological polar surface area (TPSA) is 34.9 Å². The summed E-state index contributed by atoms with van der Waals surface area (Å²) in [5.74, 6) is -0.532. The molecule has 1 aromatic heterocycles. The molecule has 1 rings (SSSR count). The zero-order chi connectivity index (χ0) is 10.8. The Balaban J connectivity index is 2.52. The number of alkyl halides is 3. The van der Waals surface area contributed by atoms with Crippen LogP contribution in [0.2, 0.25) is 0 Å². The third kappa shape index (κ3) is 3.20. The average Bonchev–Trinajstić information content (AvgIpc) is 2.46. The molecule has 0 radical (unpaired) electrons. The van der Waals surface area contributed by atoms with Gasteiger partial charge in [0, 0.05) is 19.7 Å². The summed E-state index contributed by atoms with van der Waals surface area (Å²) in [6, 6.07) is 0. The molecule has 1 heterocycles. The van der Waals surface area contributed by atoms with Crippen LogP contribution in [-0.2, 0) is 7.05 Å². The Morgan fingerprint density at radius 1 is 1.57 bits per heavy atom. The Hall–Kier alpha value is -1.33. The summed E-state index contributed by atoms with van der Waals surface area (Å²) >= 11 is 0. The van der Waals surface area contributed by atoms with Crippen LogP contribution in [0.25, 0.3) is 0 Å². The van der Waals surface area contributed by atoms with Crippen LogP contribution < -0.4 is 0 Å². The Bertz CT molecular complexity index is 330. The minimum atomic E-state index is -4.28. The molecular weight excluding hydrogens is 197 g/mol. The van der Waals surface area contributed by atoms with Crippen molar-refractivity contribution in [2.75, 3.05) is 0 Å². The SMILES string of the molecule is Cn1cc(C(=O)CCC(F)(F)F)cn1. The van der Waals surface area contributed by atoms with Gasteiger partial charge in [-0.15, -0.1) is 0 Å². The molecule has 0 bridgehead atoms. The fraction of sp³-hybridized carbons (Fsp3) is 0.500. The summed E-state index contributed by atoms with van der Waals surface area (Å²) in [7, 11) is 1.60. The van der Waals surface area contributed by atoms with E-state index in [4.69, 9.17) is 0 Å². The minimum Gasteiger partial charge on any atom is -0.294 e. The average molecular weight is 206 g/mol. The van der Waals surface area contributed by atoms with Crippen LogP contribution >= 0.6 is 0 Å². The number of halogens is 3. The monoisotopic (exact) mass is 206 g/mol. The van der Waals surface area contributed by atoms with Gasteiger partial charge in [0.15, 0.2) is 5.78 Å². The van der Waals surface area contributed by atoms with Crippen LogP contribution in [0.3, 0.4) is 0 Å². The smallest absolute Gasteiger partial charge is 0.294 e. The number of Topliss-reactive ketones (excluding diaryl/α,β-unsaturated/α-hetero) is 1. The molecule has 6 heteroatoms. The standard InChI is InChI=1S/C8H9F3N2O/c1-13-5-6(4-12-13)7(14)2-3-8(9,10)11/h4-5H,2-3H2,1H3. The summed E-state index contributed by atoms with van der Waals surface area (Å²) in [6.45, 7) is 0. The van der Waals surface area contributed by atoms with Crippen molar-refractivity contribution in [3.05, 3.63) is 18.0 Å². The van der Waals surface area contributed by atoms with Crippen molar-refractivity contribution in [2.24, 2.45) is 7.05 Å². The lowest BCUT2D eigenvalue weighted by atomic mass is 10.1. The van der Waals surface area contributed by atoms with Gasteiger partial charge in [-0.1, -0.05) is 0 Å². The lowest BCUT2D eigenvalue weighted by Crippen LogP contribution is -2.10. The predicted octanol–water partition coefficient (Wildman–Crippen LogP) is 1.95. The number of rotatable bonds is 3. The van der Waals surface area contributed by atoms with Crippen LogP contribution in [0.4, 0.5) is 13.2 Å². The minimum absolute atomic E-state index is 0.219. The maximum Gasteiger partial charge on any atom is 0.389 e. The predicted molar refractivity (Wildman–Crippen MR) is 42.8 cm³/mol. The van der Waals surface area contributed by atoms with E-state index in [1.165, 1.54) is 17.1 Å².